The molecule has 2 unspecified atom stereocenters. The SMILES string of the molecule is CC1CN(C(=O)c2ccncc2F)CC(CBr)O1. The lowest BCUT2D eigenvalue weighted by Gasteiger charge is -2.36. The Morgan fingerprint density at radius 2 is 2.44 bits per heavy atom. The van der Waals surface area contributed by atoms with Crippen LogP contribution in [-0.4, -0.2) is 46.4 Å². The zero-order valence-electron chi connectivity index (χ0n) is 9.97. The lowest BCUT2D eigenvalue weighted by molar-refractivity contribution is -0.0560. The minimum atomic E-state index is -0.586. The summed E-state index contributed by atoms with van der Waals surface area (Å²) in [6, 6.07) is 1.40. The summed E-state index contributed by atoms with van der Waals surface area (Å²) in [6.07, 6.45) is 2.37. The van der Waals surface area contributed by atoms with E-state index in [2.05, 4.69) is 20.9 Å². The first-order chi connectivity index (χ1) is 8.61. The van der Waals surface area contributed by atoms with Crippen molar-refractivity contribution in [3.63, 3.8) is 0 Å². The fourth-order valence-corrected chi connectivity index (χ4v) is 2.37. The van der Waals surface area contributed by atoms with Crippen LogP contribution in [0.1, 0.15) is 17.3 Å². The van der Waals surface area contributed by atoms with Gasteiger partial charge in [0.25, 0.3) is 5.91 Å². The molecule has 0 spiro atoms. The average Bonchev–Trinajstić information content (AvgIpc) is 2.37. The van der Waals surface area contributed by atoms with Crippen LogP contribution < -0.4 is 0 Å². The number of carbonyl (C=O) groups excluding carboxylic acids is 1. The third-order valence-electron chi connectivity index (χ3n) is 2.79. The second-order valence-corrected chi connectivity index (χ2v) is 4.94. The largest absolute Gasteiger partial charge is 0.371 e. The molecule has 2 rings (SSSR count). The Morgan fingerprint density at radius 3 is 3.11 bits per heavy atom. The van der Waals surface area contributed by atoms with Crippen LogP contribution in [0, 0.1) is 5.82 Å². The molecule has 4 nitrogen and oxygen atoms in total. The van der Waals surface area contributed by atoms with Crippen LogP contribution in [0.2, 0.25) is 0 Å². The summed E-state index contributed by atoms with van der Waals surface area (Å²) in [4.78, 5) is 17.5. The van der Waals surface area contributed by atoms with E-state index in [9.17, 15) is 9.18 Å². The molecule has 2 heterocycles. The van der Waals surface area contributed by atoms with Gasteiger partial charge in [-0.15, -0.1) is 0 Å². The van der Waals surface area contributed by atoms with Gasteiger partial charge >= 0.3 is 0 Å². The smallest absolute Gasteiger partial charge is 0.257 e. The highest BCUT2D eigenvalue weighted by atomic mass is 79.9. The molecule has 0 radical (unpaired) electrons. The molecule has 1 aromatic heterocycles. The summed E-state index contributed by atoms with van der Waals surface area (Å²) in [5.41, 5.74) is 0.0624. The third kappa shape index (κ3) is 2.87. The van der Waals surface area contributed by atoms with Gasteiger partial charge in [0.05, 0.1) is 24.0 Å². The number of halogens is 2. The summed E-state index contributed by atoms with van der Waals surface area (Å²) >= 11 is 3.34. The van der Waals surface area contributed by atoms with E-state index < -0.39 is 5.82 Å². The monoisotopic (exact) mass is 316 g/mol. The number of amides is 1. The number of rotatable bonds is 2. The quantitative estimate of drug-likeness (QED) is 0.782. The predicted octanol–water partition coefficient (Wildman–Crippen LogP) is 1.85. The fraction of sp³-hybridized carbons (Fsp3) is 0.500. The Kier molecular flexibility index (Phi) is 4.29. The van der Waals surface area contributed by atoms with Crippen LogP contribution in [0.5, 0.6) is 0 Å². The normalized spacial score (nSPS) is 24.1. The highest BCUT2D eigenvalue weighted by molar-refractivity contribution is 9.09. The van der Waals surface area contributed by atoms with Crippen LogP contribution in [0.3, 0.4) is 0 Å². The number of pyridine rings is 1. The van der Waals surface area contributed by atoms with Crippen LogP contribution in [-0.2, 0) is 4.74 Å². The lowest BCUT2D eigenvalue weighted by Crippen LogP contribution is -2.49. The Hall–Kier alpha value is -1.01. The first-order valence-corrected chi connectivity index (χ1v) is 6.84. The second-order valence-electron chi connectivity index (χ2n) is 4.29. The number of hydrogen-bond acceptors (Lipinski definition) is 3. The number of hydrogen-bond donors (Lipinski definition) is 0. The first kappa shape index (κ1) is 13.4. The van der Waals surface area contributed by atoms with Crippen LogP contribution in [0.15, 0.2) is 18.5 Å². The van der Waals surface area contributed by atoms with Gasteiger partial charge in [-0.1, -0.05) is 15.9 Å². The van der Waals surface area contributed by atoms with Crippen molar-refractivity contribution in [3.05, 3.63) is 29.8 Å². The van der Waals surface area contributed by atoms with Crippen molar-refractivity contribution in [2.75, 3.05) is 18.4 Å². The van der Waals surface area contributed by atoms with Gasteiger partial charge in [0.1, 0.15) is 0 Å². The van der Waals surface area contributed by atoms with Crippen molar-refractivity contribution in [1.82, 2.24) is 9.88 Å². The molecular formula is C12H14BrFN2O2. The summed E-state index contributed by atoms with van der Waals surface area (Å²) in [5, 5.41) is 0.653. The molecule has 0 N–H and O–H groups in total. The van der Waals surface area contributed by atoms with Crippen molar-refractivity contribution in [3.8, 4) is 0 Å². The molecule has 1 aromatic rings. The lowest BCUT2D eigenvalue weighted by atomic mass is 10.1. The zero-order chi connectivity index (χ0) is 13.1. The van der Waals surface area contributed by atoms with Gasteiger partial charge in [-0.25, -0.2) is 4.39 Å². The summed E-state index contributed by atoms with van der Waals surface area (Å²) in [6.45, 7) is 2.85. The van der Waals surface area contributed by atoms with Gasteiger partial charge in [0.15, 0.2) is 5.82 Å². The van der Waals surface area contributed by atoms with E-state index in [0.717, 1.165) is 6.20 Å². The van der Waals surface area contributed by atoms with Gasteiger partial charge in [0.2, 0.25) is 0 Å². The molecule has 1 aliphatic rings. The van der Waals surface area contributed by atoms with E-state index in [0.29, 0.717) is 18.4 Å². The molecular weight excluding hydrogens is 303 g/mol. The van der Waals surface area contributed by atoms with E-state index in [4.69, 9.17) is 4.74 Å². The Morgan fingerprint density at radius 1 is 1.67 bits per heavy atom. The van der Waals surface area contributed by atoms with Gasteiger partial charge in [-0.2, -0.15) is 0 Å². The minimum Gasteiger partial charge on any atom is -0.371 e. The third-order valence-corrected chi connectivity index (χ3v) is 3.51. The summed E-state index contributed by atoms with van der Waals surface area (Å²) in [5.74, 6) is -0.895. The first-order valence-electron chi connectivity index (χ1n) is 5.72. The minimum absolute atomic E-state index is 0.0462. The van der Waals surface area contributed by atoms with Crippen LogP contribution in [0.25, 0.3) is 0 Å². The molecule has 98 valence electrons. The average molecular weight is 317 g/mol. The van der Waals surface area contributed by atoms with Crippen molar-refractivity contribution in [2.24, 2.45) is 0 Å². The van der Waals surface area contributed by atoms with Gasteiger partial charge in [-0.3, -0.25) is 9.78 Å². The summed E-state index contributed by atoms with van der Waals surface area (Å²) < 4.78 is 19.2. The molecule has 0 bridgehead atoms. The van der Waals surface area contributed by atoms with Crippen molar-refractivity contribution >= 4 is 21.8 Å². The number of nitrogens with zero attached hydrogens (tertiary/aromatic N) is 2. The predicted molar refractivity (Wildman–Crippen MR) is 68.2 cm³/mol. The number of ether oxygens (including phenoxy) is 1. The molecule has 1 aliphatic heterocycles. The molecule has 6 heteroatoms. The maximum atomic E-state index is 13.5. The van der Waals surface area contributed by atoms with Crippen molar-refractivity contribution < 1.29 is 13.9 Å². The molecule has 1 fully saturated rings. The van der Waals surface area contributed by atoms with Gasteiger partial charge < -0.3 is 9.64 Å². The van der Waals surface area contributed by atoms with Crippen LogP contribution >= 0.6 is 15.9 Å². The number of carbonyl (C=O) groups is 1. The molecule has 18 heavy (non-hydrogen) atoms. The molecule has 1 amide bonds. The highest BCUT2D eigenvalue weighted by Gasteiger charge is 2.29. The summed E-state index contributed by atoms with van der Waals surface area (Å²) in [7, 11) is 0. The van der Waals surface area contributed by atoms with Gasteiger partial charge in [0, 0.05) is 24.6 Å². The number of alkyl halides is 1. The number of morpholine rings is 1. The van der Waals surface area contributed by atoms with E-state index in [-0.39, 0.29) is 23.7 Å². The van der Waals surface area contributed by atoms with E-state index in [1.54, 1.807) is 4.90 Å². The fourth-order valence-electron chi connectivity index (χ4n) is 2.02. The Bertz CT molecular complexity index is 444. The molecule has 0 aromatic carbocycles. The second kappa shape index (κ2) is 5.75. The van der Waals surface area contributed by atoms with Crippen LogP contribution in [0.4, 0.5) is 4.39 Å². The maximum absolute atomic E-state index is 13.5. The topological polar surface area (TPSA) is 42.4 Å². The highest BCUT2D eigenvalue weighted by Crippen LogP contribution is 2.16. The molecule has 0 aliphatic carbocycles. The Labute approximate surface area is 113 Å². The molecule has 1 saturated heterocycles. The van der Waals surface area contributed by atoms with E-state index in [1.807, 2.05) is 6.92 Å². The Balaban J connectivity index is 2.16. The number of aromatic nitrogens is 1. The van der Waals surface area contributed by atoms with Gasteiger partial charge in [-0.05, 0) is 13.0 Å². The molecule has 0 saturated carbocycles. The van der Waals surface area contributed by atoms with Crippen molar-refractivity contribution in [2.45, 2.75) is 19.1 Å². The zero-order valence-corrected chi connectivity index (χ0v) is 11.6. The standard InChI is InChI=1S/C12H14BrFN2O2/c1-8-6-16(7-9(4-13)18-8)12(17)10-2-3-15-5-11(10)14/h2-3,5,8-9H,4,6-7H2,1H3. The molecule has 2 atom stereocenters. The van der Waals surface area contributed by atoms with E-state index in [1.165, 1.54) is 12.3 Å². The maximum Gasteiger partial charge on any atom is 0.257 e. The van der Waals surface area contributed by atoms with Crippen molar-refractivity contribution in [1.29, 1.82) is 0 Å². The van der Waals surface area contributed by atoms with E-state index >= 15 is 0 Å².